The molecule has 190 valence electrons. The summed E-state index contributed by atoms with van der Waals surface area (Å²) >= 11 is 0. The van der Waals surface area contributed by atoms with E-state index in [1.54, 1.807) is 6.07 Å². The summed E-state index contributed by atoms with van der Waals surface area (Å²) in [4.78, 5) is 12.8. The van der Waals surface area contributed by atoms with Crippen molar-refractivity contribution in [3.8, 4) is 22.6 Å². The summed E-state index contributed by atoms with van der Waals surface area (Å²) in [6.07, 6.45) is 3.24. The number of fused-ring (bicyclic) bond motifs is 1. The van der Waals surface area contributed by atoms with Crippen LogP contribution in [-0.2, 0) is 9.31 Å². The number of hydrogen-bond donors (Lipinski definition) is 1. The average molecular weight is 499 g/mol. The average Bonchev–Trinajstić information content (AvgIpc) is 3.45. The number of nitrogens with one attached hydrogen (secondary N) is 1. The van der Waals surface area contributed by atoms with Gasteiger partial charge in [0, 0.05) is 17.0 Å². The second-order valence-corrected chi connectivity index (χ2v) is 10.2. The van der Waals surface area contributed by atoms with E-state index in [-0.39, 0.29) is 23.1 Å². The van der Waals surface area contributed by atoms with Gasteiger partial charge in [-0.3, -0.25) is 4.79 Å². The fourth-order valence-electron chi connectivity index (χ4n) is 4.20. The van der Waals surface area contributed by atoms with Gasteiger partial charge in [-0.2, -0.15) is 8.78 Å². The van der Waals surface area contributed by atoms with Crippen molar-refractivity contribution in [3.05, 3.63) is 42.2 Å². The van der Waals surface area contributed by atoms with Gasteiger partial charge in [-0.05, 0) is 69.8 Å². The van der Waals surface area contributed by atoms with E-state index in [0.717, 1.165) is 23.7 Å². The van der Waals surface area contributed by atoms with E-state index >= 15 is 0 Å². The summed E-state index contributed by atoms with van der Waals surface area (Å²) in [5, 5.41) is 3.55. The Kier molecular flexibility index (Phi) is 5.99. The maximum absolute atomic E-state index is 13.3. The molecule has 0 radical (unpaired) electrons. The van der Waals surface area contributed by atoms with Crippen LogP contribution >= 0.6 is 0 Å². The Morgan fingerprint density at radius 3 is 2.36 bits per heavy atom. The first-order valence-electron chi connectivity index (χ1n) is 11.8. The number of halogens is 2. The molecule has 2 aromatic carbocycles. The van der Waals surface area contributed by atoms with Crippen LogP contribution in [0.1, 0.15) is 50.9 Å². The molecule has 1 amide bonds. The highest BCUT2D eigenvalue weighted by atomic mass is 19.3. The fourth-order valence-corrected chi connectivity index (χ4v) is 4.20. The van der Waals surface area contributed by atoms with Crippen molar-refractivity contribution < 1.29 is 36.8 Å². The molecule has 2 aliphatic rings. The first-order chi connectivity index (χ1) is 17.0. The molecule has 36 heavy (non-hydrogen) atoms. The second-order valence-electron chi connectivity index (χ2n) is 10.2. The van der Waals surface area contributed by atoms with Gasteiger partial charge in [0.1, 0.15) is 22.6 Å². The van der Waals surface area contributed by atoms with E-state index in [4.69, 9.17) is 23.2 Å². The molecule has 10 heteroatoms. The van der Waals surface area contributed by atoms with Crippen LogP contribution in [0, 0.1) is 0 Å². The number of amides is 1. The molecule has 0 bridgehead atoms. The number of carbonyl (C=O) groups excluding carboxylic acids is 1. The lowest BCUT2D eigenvalue weighted by Crippen LogP contribution is -2.41. The topological polar surface area (TPSA) is 79.2 Å². The lowest BCUT2D eigenvalue weighted by atomic mass is 9.78. The summed E-state index contributed by atoms with van der Waals surface area (Å²) in [6.45, 7) is 4.82. The van der Waals surface area contributed by atoms with Gasteiger partial charge >= 0.3 is 13.7 Å². The van der Waals surface area contributed by atoms with Gasteiger partial charge in [0.25, 0.3) is 5.91 Å². The fraction of sp³-hybridized carbons (Fsp3) is 0.423. The standard InChI is InChI=1S/C26H28BF2NO6/c1-25(2)26(3,4)36-27(35-25)15-6-9-17-18(13-33-19(17)12-15)14-10-20(32-5)22(21(11-14)34-24(28)29)23(31)30-16-7-8-16/h6,9-13,16,24H,7-8H2,1-5H3,(H,30,31). The first-order valence-corrected chi connectivity index (χ1v) is 11.8. The van der Waals surface area contributed by atoms with Crippen LogP contribution in [0.5, 0.6) is 11.5 Å². The lowest BCUT2D eigenvalue weighted by molar-refractivity contribution is -0.0502. The summed E-state index contributed by atoms with van der Waals surface area (Å²) in [7, 11) is 0.826. The third kappa shape index (κ3) is 4.44. The minimum absolute atomic E-state index is 0.0391. The summed E-state index contributed by atoms with van der Waals surface area (Å²) < 4.78 is 54.8. The molecule has 0 spiro atoms. The molecule has 7 nitrogen and oxygen atoms in total. The Bertz CT molecular complexity index is 1300. The number of methoxy groups -OCH3 is 1. The van der Waals surface area contributed by atoms with Gasteiger partial charge in [-0.1, -0.05) is 12.1 Å². The van der Waals surface area contributed by atoms with Gasteiger partial charge in [0.05, 0.1) is 24.6 Å². The normalized spacial score (nSPS) is 18.6. The molecule has 1 saturated heterocycles. The molecular weight excluding hydrogens is 471 g/mol. The smallest absolute Gasteiger partial charge is 0.494 e. The molecule has 2 heterocycles. The lowest BCUT2D eigenvalue weighted by Gasteiger charge is -2.32. The maximum Gasteiger partial charge on any atom is 0.494 e. The van der Waals surface area contributed by atoms with Crippen molar-refractivity contribution in [1.29, 1.82) is 0 Å². The molecule has 1 aliphatic carbocycles. The Labute approximate surface area is 208 Å². The minimum Gasteiger partial charge on any atom is -0.496 e. The highest BCUT2D eigenvalue weighted by molar-refractivity contribution is 6.62. The van der Waals surface area contributed by atoms with E-state index < -0.39 is 30.8 Å². The van der Waals surface area contributed by atoms with Crippen molar-refractivity contribution in [2.75, 3.05) is 7.11 Å². The van der Waals surface area contributed by atoms with Crippen LogP contribution < -0.4 is 20.3 Å². The molecule has 3 aromatic rings. The molecule has 0 unspecified atom stereocenters. The van der Waals surface area contributed by atoms with E-state index in [9.17, 15) is 13.6 Å². The van der Waals surface area contributed by atoms with E-state index in [1.165, 1.54) is 19.4 Å². The highest BCUT2D eigenvalue weighted by Gasteiger charge is 2.51. The Hall–Kier alpha value is -3.11. The van der Waals surface area contributed by atoms with Gasteiger partial charge in [0.2, 0.25) is 0 Å². The molecule has 1 aromatic heterocycles. The van der Waals surface area contributed by atoms with Crippen LogP contribution in [0.15, 0.2) is 41.0 Å². The number of benzene rings is 2. The molecule has 1 saturated carbocycles. The predicted molar refractivity (Wildman–Crippen MR) is 131 cm³/mol. The minimum atomic E-state index is -3.11. The van der Waals surface area contributed by atoms with Crippen LogP contribution in [0.25, 0.3) is 22.1 Å². The first kappa shape index (κ1) is 24.6. The number of carbonyl (C=O) groups is 1. The third-order valence-electron chi connectivity index (χ3n) is 7.08. The Morgan fingerprint density at radius 1 is 1.08 bits per heavy atom. The van der Waals surface area contributed by atoms with Crippen LogP contribution in [0.3, 0.4) is 0 Å². The molecule has 0 atom stereocenters. The number of rotatable bonds is 7. The molecular formula is C26H28BF2NO6. The predicted octanol–water partition coefficient (Wildman–Crippen LogP) is 4.90. The van der Waals surface area contributed by atoms with Crippen LogP contribution in [0.2, 0.25) is 0 Å². The van der Waals surface area contributed by atoms with Gasteiger partial charge in [-0.25, -0.2) is 0 Å². The number of furan rings is 1. The number of alkyl halides is 2. The Balaban J connectivity index is 1.52. The highest BCUT2D eigenvalue weighted by Crippen LogP contribution is 2.40. The van der Waals surface area contributed by atoms with Gasteiger partial charge in [-0.15, -0.1) is 0 Å². The van der Waals surface area contributed by atoms with Gasteiger partial charge in [0.15, 0.2) is 0 Å². The molecule has 1 aliphatic heterocycles. The summed E-state index contributed by atoms with van der Waals surface area (Å²) in [6, 6.07) is 8.65. The molecule has 2 fully saturated rings. The number of ether oxygens (including phenoxy) is 2. The molecule has 1 N–H and O–H groups in total. The maximum atomic E-state index is 13.3. The largest absolute Gasteiger partial charge is 0.496 e. The number of hydrogen-bond acceptors (Lipinski definition) is 6. The van der Waals surface area contributed by atoms with Crippen molar-refractivity contribution in [1.82, 2.24) is 5.32 Å². The van der Waals surface area contributed by atoms with E-state index in [1.807, 2.05) is 45.9 Å². The zero-order chi connectivity index (χ0) is 25.8. The summed E-state index contributed by atoms with van der Waals surface area (Å²) in [5.41, 5.74) is 1.49. The van der Waals surface area contributed by atoms with Gasteiger partial charge < -0.3 is 28.5 Å². The quantitative estimate of drug-likeness (QED) is 0.466. The van der Waals surface area contributed by atoms with Crippen molar-refractivity contribution in [2.24, 2.45) is 0 Å². The monoisotopic (exact) mass is 499 g/mol. The third-order valence-corrected chi connectivity index (χ3v) is 7.08. The summed E-state index contributed by atoms with van der Waals surface area (Å²) in [5.74, 6) is -0.647. The van der Waals surface area contributed by atoms with E-state index in [2.05, 4.69) is 5.32 Å². The van der Waals surface area contributed by atoms with Crippen molar-refractivity contribution in [2.45, 2.75) is 64.4 Å². The van der Waals surface area contributed by atoms with E-state index in [0.29, 0.717) is 16.7 Å². The SMILES string of the molecule is COc1cc(-c2coc3cc(B4OC(C)(C)C(C)(C)O4)ccc23)cc(OC(F)F)c1C(=O)NC1CC1. The van der Waals surface area contributed by atoms with Crippen molar-refractivity contribution >= 4 is 29.5 Å². The van der Waals surface area contributed by atoms with Crippen LogP contribution in [0.4, 0.5) is 8.78 Å². The molecule has 5 rings (SSSR count). The second kappa shape index (κ2) is 8.78. The van der Waals surface area contributed by atoms with Crippen molar-refractivity contribution in [3.63, 3.8) is 0 Å². The zero-order valence-corrected chi connectivity index (χ0v) is 20.8. The van der Waals surface area contributed by atoms with Crippen LogP contribution in [-0.4, -0.2) is 44.0 Å². The Morgan fingerprint density at radius 2 is 1.75 bits per heavy atom. The zero-order valence-electron chi connectivity index (χ0n) is 20.8.